The highest BCUT2D eigenvalue weighted by Crippen LogP contribution is 2.81. The van der Waals surface area contributed by atoms with Gasteiger partial charge in [-0.05, 0) is 392 Å². The molecule has 8 bridgehead atoms. The maximum atomic E-state index is 2.63. The average molecular weight is 1450 g/mol. The molecule has 0 N–H and O–H groups in total. The highest BCUT2D eigenvalue weighted by molar-refractivity contribution is 5.22. The van der Waals surface area contributed by atoms with Gasteiger partial charge < -0.3 is 0 Å². The van der Waals surface area contributed by atoms with Crippen LogP contribution in [0, 0.1) is 193 Å². The molecule has 0 amide bonds. The minimum atomic E-state index is 0.631. The topological polar surface area (TPSA) is 0 Å². The first-order valence-electron chi connectivity index (χ1n) is 48.7. The van der Waals surface area contributed by atoms with Crippen LogP contribution in [0.2, 0.25) is 0 Å². The third-order valence-electron chi connectivity index (χ3n) is 43.6. The van der Waals surface area contributed by atoms with Gasteiger partial charge >= 0.3 is 0 Å². The molecule has 23 unspecified atom stereocenters. The van der Waals surface area contributed by atoms with Crippen LogP contribution in [0.3, 0.4) is 0 Å². The van der Waals surface area contributed by atoms with Gasteiger partial charge in [-0.25, -0.2) is 0 Å². The van der Waals surface area contributed by atoms with Crippen LogP contribution in [-0.4, -0.2) is 0 Å². The summed E-state index contributed by atoms with van der Waals surface area (Å²) in [6.07, 6.45) is 69.9. The van der Waals surface area contributed by atoms with E-state index in [1.165, 1.54) is 225 Å². The second-order valence-corrected chi connectivity index (χ2v) is 53.3. The SMILES string of the molecule is CC1(C)CC2C1CCC1CCCC2(C)C1.CC1(C)CC[C@]23CCC[C@](C)(C[C@@H]2C1)C3.CC12CCCC3(CCC(C)(C)C3CC1)C2.CC1CCCC(C)C2CC(C)(C)C2CC1.CC1CCCC2(C)C1CC1C2CC1(C)C.CC1CCCC2(C)CCC3C(C)(C)CC132.CC1CCC[C@@]2(C)C3CCC12CC3(C)C. The van der Waals surface area contributed by atoms with Gasteiger partial charge in [0, 0.05) is 0 Å². The van der Waals surface area contributed by atoms with Gasteiger partial charge in [-0.15, -0.1) is 0 Å². The van der Waals surface area contributed by atoms with Crippen molar-refractivity contribution in [1.29, 1.82) is 0 Å². The summed E-state index contributed by atoms with van der Waals surface area (Å²) in [5.41, 5.74) is 12.0. The summed E-state index contributed by atoms with van der Waals surface area (Å²) in [6, 6.07) is 0. The van der Waals surface area contributed by atoms with E-state index in [1.807, 2.05) is 0 Å². The van der Waals surface area contributed by atoms with Crippen LogP contribution in [0.1, 0.15) is 468 Å². The standard InChI is InChI=1S/6C15H26.C15H28/c1-11-6-5-8-14(4)12-7-9-15(11,14)10-13(12,2)3;1-11-6-5-8-14(4)9-7-12-13(2,3)10-15(11,12)14;1-10-6-5-7-15(4)11(10)8-12-13(15)9-14(12,2)3;1-13(2)9-10-15-7-4-6-14(3,11-15)8-5-12(13)15;1-14(2)10-13-12(14)7-6-11-5-4-8-15(13,3)9-11;1-13(2)7-8-15-6-4-5-14(3,11-15)10-12(15)9-13;1-11-6-5-7-12(2)13-10-15(3,4)14(13)9-8-11/h2*11-12H,5-10H2,1-4H3;10-13H,5-9H2,1-4H3;12H,4-11H2,1-3H3;11-13H,4-10H2,1-3H3;12H,4-11H2,1-3H3;11-14H,5-10H2,1-4H3/t11?,12?,14-,15?;;;;;12-,14+,15-;/m0....0./s1. The molecule has 0 aliphatic heterocycles. The van der Waals surface area contributed by atoms with Gasteiger partial charge in [0.15, 0.2) is 0 Å². The van der Waals surface area contributed by atoms with Crippen LogP contribution in [-0.2, 0) is 0 Å². The molecule has 27 atom stereocenters. The minimum absolute atomic E-state index is 0.631. The highest BCUT2D eigenvalue weighted by Gasteiger charge is 2.73. The van der Waals surface area contributed by atoms with Crippen molar-refractivity contribution in [3.63, 3.8) is 0 Å². The summed E-state index contributed by atoms with van der Waals surface area (Å²) in [5.74, 6) is 17.7. The zero-order chi connectivity index (χ0) is 75.8. The Labute approximate surface area is 657 Å². The smallest absolute Gasteiger partial charge is 0.0179 e. The molecule has 20 aliphatic carbocycles. The van der Waals surface area contributed by atoms with Crippen LogP contribution in [0.15, 0.2) is 0 Å². The second kappa shape index (κ2) is 27.9. The molecular weight excluding hydrogens is 1260 g/mol. The summed E-state index contributed by atoms with van der Waals surface area (Å²) in [7, 11) is 0. The van der Waals surface area contributed by atoms with E-state index in [9.17, 15) is 0 Å². The fraction of sp³-hybridized carbons (Fsp3) is 1.00. The molecule has 20 aliphatic rings. The number of rotatable bonds is 0. The number of fused-ring (bicyclic) bond motifs is 10. The van der Waals surface area contributed by atoms with Gasteiger partial charge in [-0.2, -0.15) is 0 Å². The first-order valence-corrected chi connectivity index (χ1v) is 48.7. The minimum Gasteiger partial charge on any atom is -0.0625 e. The monoisotopic (exact) mass is 1450 g/mol. The fourth-order valence-electron chi connectivity index (χ4n) is 38.1. The molecular formula is C105H184. The molecule has 0 nitrogen and oxygen atoms in total. The van der Waals surface area contributed by atoms with Crippen LogP contribution < -0.4 is 0 Å². The van der Waals surface area contributed by atoms with Gasteiger partial charge in [0.1, 0.15) is 0 Å². The Kier molecular flexibility index (Phi) is 21.6. The Morgan fingerprint density at radius 2 is 0.886 bits per heavy atom. The molecule has 0 heterocycles. The van der Waals surface area contributed by atoms with Crippen LogP contribution in [0.25, 0.3) is 0 Å². The molecule has 0 aromatic rings. The van der Waals surface area contributed by atoms with E-state index in [-0.39, 0.29) is 0 Å². The zero-order valence-electron chi connectivity index (χ0n) is 75.8. The molecule has 20 rings (SSSR count). The fourth-order valence-corrected chi connectivity index (χ4v) is 38.1. The normalized spacial score (nSPS) is 53.4. The van der Waals surface area contributed by atoms with E-state index < -0.39 is 0 Å². The van der Waals surface area contributed by atoms with Crippen LogP contribution in [0.5, 0.6) is 0 Å². The Balaban J connectivity index is 0.000000103. The lowest BCUT2D eigenvalue weighted by Crippen LogP contribution is -2.61. The molecule has 20 fully saturated rings. The zero-order valence-corrected chi connectivity index (χ0v) is 75.8. The van der Waals surface area contributed by atoms with E-state index in [0.717, 1.165) is 144 Å². The molecule has 20 saturated carbocycles. The van der Waals surface area contributed by atoms with Gasteiger partial charge in [-0.1, -0.05) is 269 Å². The van der Waals surface area contributed by atoms with Gasteiger partial charge in [0.05, 0.1) is 0 Å². The van der Waals surface area contributed by atoms with Crippen molar-refractivity contribution in [2.45, 2.75) is 468 Å². The second-order valence-electron chi connectivity index (χ2n) is 53.3. The van der Waals surface area contributed by atoms with Crippen molar-refractivity contribution in [1.82, 2.24) is 0 Å². The maximum Gasteiger partial charge on any atom is -0.0179 e. The largest absolute Gasteiger partial charge is 0.0625 e. The van der Waals surface area contributed by atoms with E-state index in [4.69, 9.17) is 0 Å². The lowest BCUT2D eigenvalue weighted by atomic mass is 9.37. The Bertz CT molecular complexity index is 2990. The van der Waals surface area contributed by atoms with Gasteiger partial charge in [0.2, 0.25) is 0 Å². The average Bonchev–Trinajstić information content (AvgIpc) is 1.45. The van der Waals surface area contributed by atoms with Crippen molar-refractivity contribution in [2.24, 2.45) is 193 Å². The molecule has 604 valence electrons. The van der Waals surface area contributed by atoms with E-state index in [0.29, 0.717) is 48.7 Å². The van der Waals surface area contributed by atoms with Gasteiger partial charge in [0.25, 0.3) is 0 Å². The summed E-state index contributed by atoms with van der Waals surface area (Å²) >= 11 is 0. The van der Waals surface area contributed by atoms with Crippen LogP contribution in [0.4, 0.5) is 0 Å². The molecule has 0 aromatic carbocycles. The number of hydrogen-bond donors (Lipinski definition) is 0. The Morgan fingerprint density at radius 3 is 1.58 bits per heavy atom. The van der Waals surface area contributed by atoms with Crippen molar-refractivity contribution < 1.29 is 0 Å². The number of hydrogen-bond acceptors (Lipinski definition) is 0. The summed E-state index contributed by atoms with van der Waals surface area (Å²) < 4.78 is 0. The van der Waals surface area contributed by atoms with Crippen molar-refractivity contribution in [3.05, 3.63) is 0 Å². The van der Waals surface area contributed by atoms with E-state index in [1.54, 1.807) is 70.6 Å². The Hall–Kier alpha value is 0. The Morgan fingerprint density at radius 1 is 0.286 bits per heavy atom. The summed E-state index contributed by atoms with van der Waals surface area (Å²) in [5, 5.41) is 0. The quantitative estimate of drug-likeness (QED) is 0.227. The molecule has 105 heavy (non-hydrogen) atoms. The third-order valence-corrected chi connectivity index (χ3v) is 43.6. The first kappa shape index (κ1) is 81.6. The lowest BCUT2D eigenvalue weighted by molar-refractivity contribution is -0.192. The van der Waals surface area contributed by atoms with Crippen molar-refractivity contribution >= 4 is 0 Å². The molecule has 3 spiro atoms. The van der Waals surface area contributed by atoms with Crippen LogP contribution >= 0.6 is 0 Å². The highest BCUT2D eigenvalue weighted by atomic mass is 14.8. The maximum absolute atomic E-state index is 2.63. The molecule has 0 radical (unpaired) electrons. The molecule has 0 heteroatoms. The first-order chi connectivity index (χ1) is 48.7. The third kappa shape index (κ3) is 14.0. The van der Waals surface area contributed by atoms with E-state index >= 15 is 0 Å². The predicted octanol–water partition coefficient (Wildman–Crippen LogP) is 32.9. The molecule has 0 saturated heterocycles. The summed E-state index contributed by atoms with van der Waals surface area (Å²) in [6.45, 7) is 63.3. The lowest BCUT2D eigenvalue weighted by Gasteiger charge is -2.68. The van der Waals surface area contributed by atoms with Gasteiger partial charge in [-0.3, -0.25) is 0 Å². The summed E-state index contributed by atoms with van der Waals surface area (Å²) in [4.78, 5) is 0. The van der Waals surface area contributed by atoms with Crippen molar-refractivity contribution in [3.8, 4) is 0 Å². The van der Waals surface area contributed by atoms with E-state index in [2.05, 4.69) is 173 Å². The molecule has 0 aromatic heterocycles. The predicted molar refractivity (Wildman–Crippen MR) is 455 cm³/mol. The van der Waals surface area contributed by atoms with Crippen molar-refractivity contribution in [2.75, 3.05) is 0 Å².